The summed E-state index contributed by atoms with van der Waals surface area (Å²) in [7, 11) is 0. The first-order valence-electron chi connectivity index (χ1n) is 7.57. The van der Waals surface area contributed by atoms with Gasteiger partial charge >= 0.3 is 0 Å². The normalized spacial score (nSPS) is 11.5. The number of nitrogens with zero attached hydrogens (tertiary/aromatic N) is 1. The first kappa shape index (κ1) is 18.8. The quantitative estimate of drug-likeness (QED) is 0.416. The van der Waals surface area contributed by atoms with Gasteiger partial charge in [-0.05, 0) is 43.4 Å². The lowest BCUT2D eigenvalue weighted by Gasteiger charge is -2.12. The van der Waals surface area contributed by atoms with Gasteiger partial charge in [-0.25, -0.2) is 9.38 Å². The van der Waals surface area contributed by atoms with Gasteiger partial charge < -0.3 is 15.4 Å². The predicted octanol–water partition coefficient (Wildman–Crippen LogP) is 2.78. The highest BCUT2D eigenvalue weighted by Gasteiger charge is 2.04. The molecule has 0 aromatic heterocycles. The van der Waals surface area contributed by atoms with Gasteiger partial charge in [0.05, 0.1) is 13.2 Å². The summed E-state index contributed by atoms with van der Waals surface area (Å²) in [5.74, 6) is 1.34. The molecule has 0 unspecified atom stereocenters. The SMILES string of the molecule is CCNC(=NCc1ccc(F)cc1CSC)NCCOCC. The monoisotopic (exact) mass is 327 g/mol. The van der Waals surface area contributed by atoms with Crippen LogP contribution in [0.5, 0.6) is 0 Å². The molecule has 0 bridgehead atoms. The van der Waals surface area contributed by atoms with Gasteiger partial charge in [0.15, 0.2) is 5.96 Å². The summed E-state index contributed by atoms with van der Waals surface area (Å²) in [4.78, 5) is 4.56. The second-order valence-electron chi connectivity index (χ2n) is 4.66. The second-order valence-corrected chi connectivity index (χ2v) is 5.53. The molecular formula is C16H26FN3OS. The molecule has 2 N–H and O–H groups in total. The number of ether oxygens (including phenoxy) is 1. The van der Waals surface area contributed by atoms with E-state index in [9.17, 15) is 4.39 Å². The number of hydrogen-bond acceptors (Lipinski definition) is 3. The Bertz CT molecular complexity index is 469. The number of benzene rings is 1. The molecule has 0 spiro atoms. The summed E-state index contributed by atoms with van der Waals surface area (Å²) >= 11 is 1.68. The van der Waals surface area contributed by atoms with Gasteiger partial charge in [0.1, 0.15) is 5.82 Å². The first-order valence-corrected chi connectivity index (χ1v) is 8.96. The maximum Gasteiger partial charge on any atom is 0.191 e. The zero-order valence-electron chi connectivity index (χ0n) is 13.6. The lowest BCUT2D eigenvalue weighted by atomic mass is 10.1. The third-order valence-corrected chi connectivity index (χ3v) is 3.56. The van der Waals surface area contributed by atoms with Crippen LogP contribution >= 0.6 is 11.8 Å². The third kappa shape index (κ3) is 7.13. The Balaban J connectivity index is 2.68. The number of rotatable bonds is 9. The van der Waals surface area contributed by atoms with Gasteiger partial charge in [0.2, 0.25) is 0 Å². The van der Waals surface area contributed by atoms with Crippen molar-refractivity contribution >= 4 is 17.7 Å². The fraction of sp³-hybridized carbons (Fsp3) is 0.562. The van der Waals surface area contributed by atoms with Crippen LogP contribution in [0.15, 0.2) is 23.2 Å². The lowest BCUT2D eigenvalue weighted by molar-refractivity contribution is 0.152. The van der Waals surface area contributed by atoms with Crippen molar-refractivity contribution in [3.05, 3.63) is 35.1 Å². The van der Waals surface area contributed by atoms with Crippen molar-refractivity contribution in [2.24, 2.45) is 4.99 Å². The molecule has 1 aromatic rings. The van der Waals surface area contributed by atoms with Crippen molar-refractivity contribution in [3.63, 3.8) is 0 Å². The highest BCUT2D eigenvalue weighted by molar-refractivity contribution is 7.97. The molecule has 0 aliphatic carbocycles. The molecular weight excluding hydrogens is 301 g/mol. The molecule has 6 heteroatoms. The molecule has 0 aliphatic rings. The molecule has 0 heterocycles. The Morgan fingerprint density at radius 1 is 1.27 bits per heavy atom. The number of nitrogens with one attached hydrogen (secondary N) is 2. The standard InChI is InChI=1S/C16H26FN3OS/c1-4-18-16(19-8-9-21-5-2)20-11-13-6-7-15(17)10-14(13)12-22-3/h6-7,10H,4-5,8-9,11-12H2,1-3H3,(H2,18,19,20). The van der Waals surface area contributed by atoms with Crippen molar-refractivity contribution in [3.8, 4) is 0 Å². The van der Waals surface area contributed by atoms with Crippen LogP contribution in [0, 0.1) is 5.82 Å². The Morgan fingerprint density at radius 2 is 2.09 bits per heavy atom. The van der Waals surface area contributed by atoms with Crippen molar-refractivity contribution in [2.45, 2.75) is 26.1 Å². The first-order chi connectivity index (χ1) is 10.7. The van der Waals surface area contributed by atoms with Crippen LogP contribution in [0.3, 0.4) is 0 Å². The molecule has 22 heavy (non-hydrogen) atoms. The van der Waals surface area contributed by atoms with Crippen LogP contribution in [0.4, 0.5) is 4.39 Å². The highest BCUT2D eigenvalue weighted by Crippen LogP contribution is 2.17. The van der Waals surface area contributed by atoms with Gasteiger partial charge in [-0.1, -0.05) is 6.07 Å². The van der Waals surface area contributed by atoms with Crippen LogP contribution in [0.2, 0.25) is 0 Å². The van der Waals surface area contributed by atoms with Crippen LogP contribution in [-0.2, 0) is 17.0 Å². The summed E-state index contributed by atoms with van der Waals surface area (Å²) in [6.45, 7) is 7.39. The van der Waals surface area contributed by atoms with Crippen molar-refractivity contribution in [1.82, 2.24) is 10.6 Å². The number of aliphatic imine (C=N–C) groups is 1. The minimum atomic E-state index is -0.196. The Labute approximate surface area is 136 Å². The van der Waals surface area contributed by atoms with Gasteiger partial charge in [0.25, 0.3) is 0 Å². The van der Waals surface area contributed by atoms with E-state index < -0.39 is 0 Å². The summed E-state index contributed by atoms with van der Waals surface area (Å²) in [5.41, 5.74) is 2.05. The Morgan fingerprint density at radius 3 is 2.77 bits per heavy atom. The molecule has 0 amide bonds. The Hall–Kier alpha value is -1.27. The molecule has 124 valence electrons. The van der Waals surface area contributed by atoms with E-state index in [1.165, 1.54) is 6.07 Å². The van der Waals surface area contributed by atoms with Gasteiger partial charge in [-0.15, -0.1) is 0 Å². The van der Waals surface area contributed by atoms with Crippen molar-refractivity contribution in [2.75, 3.05) is 32.6 Å². The van der Waals surface area contributed by atoms with Crippen LogP contribution in [0.25, 0.3) is 0 Å². The van der Waals surface area contributed by atoms with Crippen molar-refractivity contribution in [1.29, 1.82) is 0 Å². The van der Waals surface area contributed by atoms with E-state index >= 15 is 0 Å². The van der Waals surface area contributed by atoms with E-state index in [1.807, 2.05) is 26.2 Å². The van der Waals surface area contributed by atoms with Crippen molar-refractivity contribution < 1.29 is 9.13 Å². The average molecular weight is 327 g/mol. The fourth-order valence-electron chi connectivity index (χ4n) is 1.93. The van der Waals surface area contributed by atoms with E-state index in [0.717, 1.165) is 29.4 Å². The minimum Gasteiger partial charge on any atom is -0.380 e. The molecule has 0 radical (unpaired) electrons. The third-order valence-electron chi connectivity index (χ3n) is 2.96. The van der Waals surface area contributed by atoms with Crippen LogP contribution in [0.1, 0.15) is 25.0 Å². The van der Waals surface area contributed by atoms with E-state index in [1.54, 1.807) is 17.8 Å². The van der Waals surface area contributed by atoms with E-state index in [0.29, 0.717) is 26.3 Å². The zero-order chi connectivity index (χ0) is 16.2. The summed E-state index contributed by atoms with van der Waals surface area (Å²) < 4.78 is 18.6. The Kier molecular flexibility index (Phi) is 9.66. The summed E-state index contributed by atoms with van der Waals surface area (Å²) in [5, 5.41) is 6.42. The predicted molar refractivity (Wildman–Crippen MR) is 92.9 cm³/mol. The molecule has 0 saturated heterocycles. The number of halogens is 1. The van der Waals surface area contributed by atoms with Crippen LogP contribution < -0.4 is 10.6 Å². The number of guanidine groups is 1. The second kappa shape index (κ2) is 11.3. The number of thioether (sulfide) groups is 1. The lowest BCUT2D eigenvalue weighted by Crippen LogP contribution is -2.39. The number of hydrogen-bond donors (Lipinski definition) is 2. The molecule has 1 aromatic carbocycles. The molecule has 4 nitrogen and oxygen atoms in total. The topological polar surface area (TPSA) is 45.7 Å². The maximum absolute atomic E-state index is 13.3. The smallest absolute Gasteiger partial charge is 0.191 e. The highest BCUT2D eigenvalue weighted by atomic mass is 32.2. The maximum atomic E-state index is 13.3. The molecule has 0 saturated carbocycles. The summed E-state index contributed by atoms with van der Waals surface area (Å²) in [6, 6.07) is 4.90. The summed E-state index contributed by atoms with van der Waals surface area (Å²) in [6.07, 6.45) is 2.01. The van der Waals surface area contributed by atoms with Gasteiger partial charge in [-0.3, -0.25) is 0 Å². The zero-order valence-corrected chi connectivity index (χ0v) is 14.4. The molecule has 0 fully saturated rings. The average Bonchev–Trinajstić information content (AvgIpc) is 2.51. The van der Waals surface area contributed by atoms with E-state index in [2.05, 4.69) is 15.6 Å². The van der Waals surface area contributed by atoms with Crippen LogP contribution in [-0.4, -0.2) is 38.5 Å². The van der Waals surface area contributed by atoms with E-state index in [4.69, 9.17) is 4.74 Å². The minimum absolute atomic E-state index is 0.196. The largest absolute Gasteiger partial charge is 0.380 e. The fourth-order valence-corrected chi connectivity index (χ4v) is 2.51. The molecule has 0 aliphatic heterocycles. The molecule has 1 rings (SSSR count). The van der Waals surface area contributed by atoms with Gasteiger partial charge in [-0.2, -0.15) is 11.8 Å². The van der Waals surface area contributed by atoms with Gasteiger partial charge in [0, 0.05) is 25.4 Å². The molecule has 0 atom stereocenters. The van der Waals surface area contributed by atoms with E-state index in [-0.39, 0.29) is 5.82 Å².